The van der Waals surface area contributed by atoms with E-state index in [0.717, 1.165) is 4.83 Å². The molecular weight excluding hydrogens is 316 g/mol. The van der Waals surface area contributed by atoms with Gasteiger partial charge in [-0.1, -0.05) is 0 Å². The quantitative estimate of drug-likeness (QED) is 0.567. The Morgan fingerprint density at radius 3 is 3.09 bits per heavy atom. The lowest BCUT2D eigenvalue weighted by atomic mass is 10.3. The third-order valence-corrected chi connectivity index (χ3v) is 4.24. The number of aromatic nitrogens is 3. The Bertz CT molecular complexity index is 932. The van der Waals surface area contributed by atoms with Gasteiger partial charge in [-0.05, 0) is 24.4 Å². The lowest BCUT2D eigenvalue weighted by Crippen LogP contribution is -2.34. The highest BCUT2D eigenvalue weighted by Crippen LogP contribution is 2.14. The van der Waals surface area contributed by atoms with Crippen molar-refractivity contribution in [3.63, 3.8) is 0 Å². The third kappa shape index (κ3) is 3.07. The molecule has 118 valence electrons. The van der Waals surface area contributed by atoms with Crippen LogP contribution in [0.4, 0.5) is 0 Å². The number of hydrogen-bond acceptors (Lipinski definition) is 5. The first-order valence-corrected chi connectivity index (χ1v) is 7.86. The minimum absolute atomic E-state index is 0.111. The second-order valence-electron chi connectivity index (χ2n) is 4.96. The van der Waals surface area contributed by atoms with Crippen molar-refractivity contribution < 1.29 is 9.52 Å². The van der Waals surface area contributed by atoms with Gasteiger partial charge in [-0.2, -0.15) is 4.73 Å². The van der Waals surface area contributed by atoms with Crippen LogP contribution in [-0.4, -0.2) is 22.0 Å². The van der Waals surface area contributed by atoms with Gasteiger partial charge in [0, 0.05) is 19.2 Å². The number of aryl methyl sites for hydroxylation is 1. The predicted molar refractivity (Wildman–Crippen MR) is 86.4 cm³/mol. The van der Waals surface area contributed by atoms with E-state index in [1.54, 1.807) is 19.1 Å². The van der Waals surface area contributed by atoms with Crippen molar-refractivity contribution in [3.8, 4) is 0 Å². The Balaban J connectivity index is 1.72. The van der Waals surface area contributed by atoms with E-state index in [0.29, 0.717) is 22.5 Å². The number of carbonyl (C=O) groups is 1. The van der Waals surface area contributed by atoms with E-state index in [1.165, 1.54) is 34.4 Å². The summed E-state index contributed by atoms with van der Waals surface area (Å²) in [5.74, 6) is 0.252. The van der Waals surface area contributed by atoms with Gasteiger partial charge in [0.1, 0.15) is 16.2 Å². The van der Waals surface area contributed by atoms with Gasteiger partial charge in [-0.3, -0.25) is 14.2 Å². The first kappa shape index (κ1) is 15.2. The van der Waals surface area contributed by atoms with Gasteiger partial charge in [-0.15, -0.1) is 11.3 Å². The van der Waals surface area contributed by atoms with Crippen molar-refractivity contribution in [2.75, 3.05) is 6.54 Å². The Kier molecular flexibility index (Phi) is 4.07. The number of nitrogens with one attached hydrogen (secondary N) is 1. The molecule has 0 fully saturated rings. The van der Waals surface area contributed by atoms with Gasteiger partial charge in [0.2, 0.25) is 0 Å². The molecule has 3 rings (SSSR count). The highest BCUT2D eigenvalue weighted by molar-refractivity contribution is 7.16. The van der Waals surface area contributed by atoms with Crippen molar-refractivity contribution in [2.45, 2.75) is 13.5 Å². The van der Waals surface area contributed by atoms with Crippen molar-refractivity contribution in [3.05, 3.63) is 62.9 Å². The number of amides is 1. The zero-order valence-electron chi connectivity index (χ0n) is 12.4. The topological polar surface area (TPSA) is 90.9 Å². The number of pyridine rings is 1. The van der Waals surface area contributed by atoms with Crippen molar-refractivity contribution in [1.82, 2.24) is 14.9 Å². The fourth-order valence-corrected chi connectivity index (χ4v) is 3.09. The Hall–Kier alpha value is -2.74. The van der Waals surface area contributed by atoms with Gasteiger partial charge in [0.15, 0.2) is 12.4 Å². The number of carbonyl (C=O) groups excluding carboxylic acids is 1. The molecule has 3 aromatic heterocycles. The molecule has 0 saturated heterocycles. The van der Waals surface area contributed by atoms with Crippen LogP contribution in [0.2, 0.25) is 0 Å². The fourth-order valence-electron chi connectivity index (χ4n) is 2.29. The van der Waals surface area contributed by atoms with Gasteiger partial charge in [-0.25, -0.2) is 4.98 Å². The molecule has 0 saturated carbocycles. The SMILES string of the molecule is Cc1nc2sccc2c(=O)n1CCNC(=O)c1ccc[n+]([O-])c1. The van der Waals surface area contributed by atoms with Crippen molar-refractivity contribution in [1.29, 1.82) is 0 Å². The van der Waals surface area contributed by atoms with Crippen molar-refractivity contribution in [2.24, 2.45) is 0 Å². The molecule has 23 heavy (non-hydrogen) atoms. The molecule has 8 heteroatoms. The first-order valence-electron chi connectivity index (χ1n) is 6.98. The van der Waals surface area contributed by atoms with Crippen LogP contribution in [0.1, 0.15) is 16.2 Å². The average molecular weight is 330 g/mol. The maximum Gasteiger partial charge on any atom is 0.262 e. The Labute approximate surface area is 135 Å². The molecule has 0 aromatic carbocycles. The van der Waals surface area contributed by atoms with Crippen LogP contribution in [0.15, 0.2) is 40.8 Å². The summed E-state index contributed by atoms with van der Waals surface area (Å²) in [6.45, 7) is 2.35. The Morgan fingerprint density at radius 1 is 1.48 bits per heavy atom. The first-order chi connectivity index (χ1) is 11.1. The molecule has 0 aliphatic heterocycles. The molecule has 1 amide bonds. The summed E-state index contributed by atoms with van der Waals surface area (Å²) in [7, 11) is 0. The van der Waals surface area contributed by atoms with E-state index in [1.807, 2.05) is 5.38 Å². The molecule has 3 heterocycles. The van der Waals surface area contributed by atoms with E-state index in [9.17, 15) is 14.8 Å². The summed E-state index contributed by atoms with van der Waals surface area (Å²) in [5, 5.41) is 16.3. The van der Waals surface area contributed by atoms with E-state index in [4.69, 9.17) is 0 Å². The predicted octanol–water partition coefficient (Wildman–Crippen LogP) is 0.830. The standard InChI is InChI=1S/C15H14N4O3S/c1-10-17-14-12(4-8-23-14)15(21)19(10)7-5-16-13(20)11-3-2-6-18(22)9-11/h2-4,6,8-9H,5,7H2,1H3,(H,16,20). The van der Waals surface area contributed by atoms with Crippen LogP contribution >= 0.6 is 11.3 Å². The van der Waals surface area contributed by atoms with Crippen molar-refractivity contribution >= 4 is 27.5 Å². The highest BCUT2D eigenvalue weighted by Gasteiger charge is 2.11. The number of fused-ring (bicyclic) bond motifs is 1. The summed E-state index contributed by atoms with van der Waals surface area (Å²) in [6, 6.07) is 4.81. The molecule has 0 unspecified atom stereocenters. The van der Waals surface area contributed by atoms with Crippen LogP contribution < -0.4 is 15.6 Å². The van der Waals surface area contributed by atoms with Gasteiger partial charge >= 0.3 is 0 Å². The molecule has 0 aliphatic rings. The normalized spacial score (nSPS) is 10.8. The second kappa shape index (κ2) is 6.17. The number of rotatable bonds is 4. The molecule has 0 bridgehead atoms. The van der Waals surface area contributed by atoms with E-state index >= 15 is 0 Å². The average Bonchev–Trinajstić information content (AvgIpc) is 2.98. The summed E-state index contributed by atoms with van der Waals surface area (Å²) >= 11 is 1.43. The summed E-state index contributed by atoms with van der Waals surface area (Å²) in [5.41, 5.74) is 0.165. The number of thiophene rings is 1. The molecule has 7 nitrogen and oxygen atoms in total. The minimum atomic E-state index is -0.356. The Morgan fingerprint density at radius 2 is 2.30 bits per heavy atom. The third-order valence-electron chi connectivity index (χ3n) is 3.43. The van der Waals surface area contributed by atoms with E-state index < -0.39 is 0 Å². The maximum absolute atomic E-state index is 12.4. The summed E-state index contributed by atoms with van der Waals surface area (Å²) in [4.78, 5) is 29.4. The molecule has 0 radical (unpaired) electrons. The second-order valence-corrected chi connectivity index (χ2v) is 5.86. The van der Waals surface area contributed by atoms with Crippen LogP contribution in [-0.2, 0) is 6.54 Å². The van der Waals surface area contributed by atoms with Crippen LogP contribution in [0.5, 0.6) is 0 Å². The maximum atomic E-state index is 12.4. The molecule has 1 N–H and O–H groups in total. The zero-order chi connectivity index (χ0) is 16.4. The van der Waals surface area contributed by atoms with Gasteiger partial charge < -0.3 is 10.5 Å². The lowest BCUT2D eigenvalue weighted by Gasteiger charge is -2.10. The zero-order valence-corrected chi connectivity index (χ0v) is 13.2. The smallest absolute Gasteiger partial charge is 0.262 e. The van der Waals surface area contributed by atoms with E-state index in [2.05, 4.69) is 10.3 Å². The molecule has 0 aliphatic carbocycles. The van der Waals surface area contributed by atoms with Crippen LogP contribution in [0, 0.1) is 12.1 Å². The minimum Gasteiger partial charge on any atom is -0.619 e. The summed E-state index contributed by atoms with van der Waals surface area (Å²) < 4.78 is 2.10. The molecule has 0 atom stereocenters. The number of hydrogen-bond donors (Lipinski definition) is 1. The van der Waals surface area contributed by atoms with Crippen LogP contribution in [0.25, 0.3) is 10.2 Å². The van der Waals surface area contributed by atoms with Crippen LogP contribution in [0.3, 0.4) is 0 Å². The molecule has 0 spiro atoms. The lowest BCUT2D eigenvalue weighted by molar-refractivity contribution is -0.605. The largest absolute Gasteiger partial charge is 0.619 e. The highest BCUT2D eigenvalue weighted by atomic mass is 32.1. The number of nitrogens with zero attached hydrogens (tertiary/aromatic N) is 3. The molecule has 3 aromatic rings. The van der Waals surface area contributed by atoms with Gasteiger partial charge in [0.25, 0.3) is 11.5 Å². The monoisotopic (exact) mass is 330 g/mol. The van der Waals surface area contributed by atoms with Gasteiger partial charge in [0.05, 0.1) is 5.39 Å². The molecular formula is C15H14N4O3S. The fraction of sp³-hybridized carbons (Fsp3) is 0.200. The van der Waals surface area contributed by atoms with E-state index in [-0.39, 0.29) is 23.6 Å². The summed E-state index contributed by atoms with van der Waals surface area (Å²) in [6.07, 6.45) is 2.51.